The zero-order valence-electron chi connectivity index (χ0n) is 21.5. The Hall–Kier alpha value is -4.12. The van der Waals surface area contributed by atoms with E-state index in [-0.39, 0.29) is 29.6 Å². The van der Waals surface area contributed by atoms with E-state index in [9.17, 15) is 23.1 Å². The van der Waals surface area contributed by atoms with Crippen molar-refractivity contribution in [2.24, 2.45) is 0 Å². The second-order valence-corrected chi connectivity index (χ2v) is 9.36. The van der Waals surface area contributed by atoms with Crippen molar-refractivity contribution in [2.45, 2.75) is 53.0 Å². The van der Waals surface area contributed by atoms with Crippen molar-refractivity contribution in [2.75, 3.05) is 0 Å². The molecule has 0 aliphatic heterocycles. The van der Waals surface area contributed by atoms with Crippen LogP contribution < -0.4 is 10.3 Å². The SMILES string of the molecule is Cc1cnc(C(C)(C)O)nc1-c1cccc(-n2c(C)nc(OCc3cccc(C(F)(F)F)n3)c(C)c2=O)c1. The number of aliphatic hydroxyl groups is 1. The third kappa shape index (κ3) is 5.57. The van der Waals surface area contributed by atoms with Gasteiger partial charge in [-0.2, -0.15) is 18.2 Å². The molecule has 1 aromatic carbocycles. The Morgan fingerprint density at radius 3 is 2.39 bits per heavy atom. The van der Waals surface area contributed by atoms with Gasteiger partial charge in [0.1, 0.15) is 23.7 Å². The molecule has 1 N–H and O–H groups in total. The number of alkyl halides is 3. The van der Waals surface area contributed by atoms with Crippen molar-refractivity contribution in [1.82, 2.24) is 24.5 Å². The van der Waals surface area contributed by atoms with Gasteiger partial charge in [-0.05, 0) is 64.4 Å². The standard InChI is InChI=1S/C27H26F3N5O3/c1-15-13-31-25(26(4,5)37)34-22(15)18-8-6-10-20(12-18)35-17(3)32-23(16(2)24(35)36)38-14-19-9-7-11-21(33-19)27(28,29)30/h6-13,37H,14H2,1-5H3. The Morgan fingerprint density at radius 1 is 1.00 bits per heavy atom. The zero-order valence-corrected chi connectivity index (χ0v) is 21.5. The third-order valence-corrected chi connectivity index (χ3v) is 5.78. The minimum Gasteiger partial charge on any atom is -0.471 e. The summed E-state index contributed by atoms with van der Waals surface area (Å²) < 4.78 is 45.9. The number of nitrogens with zero attached hydrogens (tertiary/aromatic N) is 5. The van der Waals surface area contributed by atoms with Crippen LogP contribution in [0.2, 0.25) is 0 Å². The van der Waals surface area contributed by atoms with Gasteiger partial charge in [0.2, 0.25) is 5.88 Å². The fraction of sp³-hybridized carbons (Fsp3) is 0.296. The van der Waals surface area contributed by atoms with Crippen LogP contribution in [0.1, 0.15) is 48.0 Å². The Morgan fingerprint density at radius 2 is 1.71 bits per heavy atom. The monoisotopic (exact) mass is 525 g/mol. The molecular formula is C27H26F3N5O3. The first kappa shape index (κ1) is 26.9. The third-order valence-electron chi connectivity index (χ3n) is 5.78. The maximum Gasteiger partial charge on any atom is 0.433 e. The molecule has 4 rings (SSSR count). The lowest BCUT2D eigenvalue weighted by atomic mass is 10.0. The van der Waals surface area contributed by atoms with Crippen molar-refractivity contribution >= 4 is 0 Å². The normalized spacial score (nSPS) is 12.0. The summed E-state index contributed by atoms with van der Waals surface area (Å²) in [4.78, 5) is 30.1. The van der Waals surface area contributed by atoms with Crippen molar-refractivity contribution in [3.05, 3.63) is 93.2 Å². The number of benzene rings is 1. The van der Waals surface area contributed by atoms with Gasteiger partial charge in [-0.3, -0.25) is 9.36 Å². The van der Waals surface area contributed by atoms with E-state index in [2.05, 4.69) is 19.9 Å². The minimum absolute atomic E-state index is 0.0144. The van der Waals surface area contributed by atoms with E-state index in [1.54, 1.807) is 45.2 Å². The van der Waals surface area contributed by atoms with Crippen LogP contribution in [-0.2, 0) is 18.4 Å². The zero-order chi connectivity index (χ0) is 27.8. The molecule has 0 atom stereocenters. The van der Waals surface area contributed by atoms with Crippen molar-refractivity contribution in [1.29, 1.82) is 0 Å². The van der Waals surface area contributed by atoms with Crippen LogP contribution in [0.25, 0.3) is 16.9 Å². The van der Waals surface area contributed by atoms with Gasteiger partial charge in [-0.1, -0.05) is 18.2 Å². The fourth-order valence-corrected chi connectivity index (χ4v) is 3.81. The van der Waals surface area contributed by atoms with E-state index in [1.807, 2.05) is 13.0 Å². The molecule has 4 aromatic rings. The number of aryl methyl sites for hydroxylation is 2. The molecule has 0 fully saturated rings. The van der Waals surface area contributed by atoms with Crippen LogP contribution in [0.4, 0.5) is 13.2 Å². The summed E-state index contributed by atoms with van der Waals surface area (Å²) >= 11 is 0. The first-order valence-electron chi connectivity index (χ1n) is 11.7. The largest absolute Gasteiger partial charge is 0.471 e. The first-order valence-corrected chi connectivity index (χ1v) is 11.7. The van der Waals surface area contributed by atoms with Gasteiger partial charge in [0.15, 0.2) is 5.82 Å². The van der Waals surface area contributed by atoms with Gasteiger partial charge in [0, 0.05) is 11.8 Å². The van der Waals surface area contributed by atoms with Crippen LogP contribution in [0, 0.1) is 20.8 Å². The molecule has 0 aliphatic rings. The summed E-state index contributed by atoms with van der Waals surface area (Å²) in [6.07, 6.45) is -2.94. The smallest absolute Gasteiger partial charge is 0.433 e. The van der Waals surface area contributed by atoms with Crippen LogP contribution in [-0.4, -0.2) is 29.6 Å². The van der Waals surface area contributed by atoms with Crippen molar-refractivity contribution < 1.29 is 23.0 Å². The van der Waals surface area contributed by atoms with Gasteiger partial charge in [-0.25, -0.2) is 15.0 Å². The van der Waals surface area contributed by atoms with Gasteiger partial charge in [0.25, 0.3) is 5.56 Å². The number of ether oxygens (including phenoxy) is 1. The Kier molecular flexibility index (Phi) is 7.07. The molecule has 0 amide bonds. The highest BCUT2D eigenvalue weighted by atomic mass is 19.4. The fourth-order valence-electron chi connectivity index (χ4n) is 3.81. The molecule has 38 heavy (non-hydrogen) atoms. The number of rotatable bonds is 6. The number of pyridine rings is 1. The maximum atomic E-state index is 13.3. The molecule has 0 unspecified atom stereocenters. The average Bonchev–Trinajstić information content (AvgIpc) is 2.85. The topological polar surface area (TPSA) is 103 Å². The summed E-state index contributed by atoms with van der Waals surface area (Å²) in [5.41, 5.74) is 0.262. The molecule has 8 nitrogen and oxygen atoms in total. The molecule has 0 bridgehead atoms. The molecule has 0 saturated carbocycles. The van der Waals surface area contributed by atoms with Gasteiger partial charge in [0.05, 0.1) is 22.6 Å². The molecule has 3 heterocycles. The van der Waals surface area contributed by atoms with Crippen LogP contribution in [0.15, 0.2) is 53.5 Å². The van der Waals surface area contributed by atoms with Gasteiger partial charge in [-0.15, -0.1) is 0 Å². The summed E-state index contributed by atoms with van der Waals surface area (Å²) in [5, 5.41) is 10.3. The second-order valence-electron chi connectivity index (χ2n) is 9.36. The highest BCUT2D eigenvalue weighted by molar-refractivity contribution is 5.65. The molecule has 11 heteroatoms. The van der Waals surface area contributed by atoms with Crippen LogP contribution >= 0.6 is 0 Å². The van der Waals surface area contributed by atoms with E-state index >= 15 is 0 Å². The molecule has 0 aliphatic carbocycles. The molecule has 198 valence electrons. The predicted molar refractivity (Wildman–Crippen MR) is 134 cm³/mol. The molecule has 0 radical (unpaired) electrons. The second kappa shape index (κ2) is 9.97. The number of aromatic nitrogens is 5. The van der Waals surface area contributed by atoms with Crippen LogP contribution in [0.5, 0.6) is 5.88 Å². The molecule has 0 saturated heterocycles. The van der Waals surface area contributed by atoms with Gasteiger partial charge >= 0.3 is 6.18 Å². The number of halogens is 3. The number of hydrogen-bond donors (Lipinski definition) is 1. The highest BCUT2D eigenvalue weighted by Crippen LogP contribution is 2.28. The molecule has 0 spiro atoms. The summed E-state index contributed by atoms with van der Waals surface area (Å²) in [7, 11) is 0. The predicted octanol–water partition coefficient (Wildman–Crippen LogP) is 4.83. The summed E-state index contributed by atoms with van der Waals surface area (Å²) in [6.45, 7) is 7.93. The lowest BCUT2D eigenvalue weighted by molar-refractivity contribution is -0.141. The highest BCUT2D eigenvalue weighted by Gasteiger charge is 2.32. The van der Waals surface area contributed by atoms with E-state index in [1.165, 1.54) is 23.6 Å². The van der Waals surface area contributed by atoms with Crippen molar-refractivity contribution in [3.8, 4) is 22.8 Å². The summed E-state index contributed by atoms with van der Waals surface area (Å²) in [5.74, 6) is 0.605. The van der Waals surface area contributed by atoms with E-state index in [0.717, 1.165) is 11.6 Å². The lowest BCUT2D eigenvalue weighted by Crippen LogP contribution is -2.25. The Labute approximate surface area is 216 Å². The lowest BCUT2D eigenvalue weighted by Gasteiger charge is -2.18. The quantitative estimate of drug-likeness (QED) is 0.384. The summed E-state index contributed by atoms with van der Waals surface area (Å²) in [6, 6.07) is 10.7. The van der Waals surface area contributed by atoms with E-state index < -0.39 is 23.0 Å². The van der Waals surface area contributed by atoms with Crippen molar-refractivity contribution in [3.63, 3.8) is 0 Å². The number of hydrogen-bond acceptors (Lipinski definition) is 7. The first-order chi connectivity index (χ1) is 17.8. The molecule has 3 aromatic heterocycles. The van der Waals surface area contributed by atoms with E-state index in [4.69, 9.17) is 4.74 Å². The molecular weight excluding hydrogens is 499 g/mol. The van der Waals surface area contributed by atoms with E-state index in [0.29, 0.717) is 22.8 Å². The maximum absolute atomic E-state index is 13.3. The average molecular weight is 526 g/mol. The Balaban J connectivity index is 1.67. The van der Waals surface area contributed by atoms with Gasteiger partial charge < -0.3 is 9.84 Å². The Bertz CT molecular complexity index is 1560. The van der Waals surface area contributed by atoms with Crippen LogP contribution in [0.3, 0.4) is 0 Å². The minimum atomic E-state index is -4.57.